The van der Waals surface area contributed by atoms with Crippen LogP contribution in [0, 0.1) is 0 Å². The normalized spacial score (nSPS) is 18.3. The van der Waals surface area contributed by atoms with Gasteiger partial charge < -0.3 is 15.1 Å². The Morgan fingerprint density at radius 3 is 2.17 bits per heavy atom. The zero-order valence-electron chi connectivity index (χ0n) is 16.6. The summed E-state index contributed by atoms with van der Waals surface area (Å²) in [5.74, 6) is -2.77. The lowest BCUT2D eigenvalue weighted by Crippen LogP contribution is -2.31. The topological polar surface area (TPSA) is 94.9 Å². The summed E-state index contributed by atoms with van der Waals surface area (Å²) in [6, 6.07) is 12.8. The van der Waals surface area contributed by atoms with Gasteiger partial charge in [-0.1, -0.05) is 49.7 Å². The second-order valence-electron chi connectivity index (χ2n) is 7.46. The predicted molar refractivity (Wildman–Crippen MR) is 113 cm³/mol. The molecule has 0 bridgehead atoms. The van der Waals surface area contributed by atoms with Gasteiger partial charge in [-0.25, -0.2) is 0 Å². The summed E-state index contributed by atoms with van der Waals surface area (Å²) in [5, 5.41) is 20.4. The summed E-state index contributed by atoms with van der Waals surface area (Å²) in [6.07, 6.45) is -0.311. The standard InChI is InChI=1S/C23H22ClNO5/c1-13(2)14-3-5-15(6-4-14)20-19(21(28)16-7-9-17(24)10-8-16)22(29)23(30)25(20)12-11-18(26)27/h3-10,13,20,28H,11-12H2,1-2H3,(H,26,27). The Labute approximate surface area is 179 Å². The Bertz CT molecular complexity index is 1010. The molecular formula is C23H22ClNO5. The first-order valence-corrected chi connectivity index (χ1v) is 9.94. The van der Waals surface area contributed by atoms with E-state index < -0.39 is 23.7 Å². The minimum Gasteiger partial charge on any atom is -0.507 e. The third kappa shape index (κ3) is 4.24. The van der Waals surface area contributed by atoms with Crippen LogP contribution in [0.25, 0.3) is 5.76 Å². The summed E-state index contributed by atoms with van der Waals surface area (Å²) in [6.45, 7) is 3.96. The number of halogens is 1. The Kier molecular flexibility index (Phi) is 6.27. The van der Waals surface area contributed by atoms with Crippen molar-refractivity contribution in [2.75, 3.05) is 6.54 Å². The van der Waals surface area contributed by atoms with Gasteiger partial charge in [-0.3, -0.25) is 14.4 Å². The number of nitrogens with zero attached hydrogens (tertiary/aromatic N) is 1. The molecule has 1 heterocycles. The molecule has 1 saturated heterocycles. The number of benzene rings is 2. The van der Waals surface area contributed by atoms with Gasteiger partial charge in [0.25, 0.3) is 11.7 Å². The fourth-order valence-electron chi connectivity index (χ4n) is 3.50. The van der Waals surface area contributed by atoms with E-state index in [4.69, 9.17) is 16.7 Å². The molecule has 1 unspecified atom stereocenters. The molecule has 0 spiro atoms. The highest BCUT2D eigenvalue weighted by molar-refractivity contribution is 6.46. The molecule has 1 amide bonds. The summed E-state index contributed by atoms with van der Waals surface area (Å²) in [4.78, 5) is 37.8. The number of rotatable bonds is 6. The van der Waals surface area contributed by atoms with Gasteiger partial charge in [-0.05, 0) is 41.3 Å². The molecule has 156 valence electrons. The Morgan fingerprint density at radius 1 is 1.03 bits per heavy atom. The molecule has 3 rings (SSSR count). The van der Waals surface area contributed by atoms with Crippen molar-refractivity contribution in [1.29, 1.82) is 0 Å². The molecule has 0 radical (unpaired) electrons. The number of ketones is 1. The molecule has 2 aromatic rings. The van der Waals surface area contributed by atoms with Crippen molar-refractivity contribution in [1.82, 2.24) is 4.90 Å². The molecular weight excluding hydrogens is 406 g/mol. The Balaban J connectivity index is 2.13. The van der Waals surface area contributed by atoms with Crippen molar-refractivity contribution in [2.24, 2.45) is 0 Å². The number of hydrogen-bond acceptors (Lipinski definition) is 4. The van der Waals surface area contributed by atoms with Crippen molar-refractivity contribution < 1.29 is 24.6 Å². The molecule has 1 atom stereocenters. The molecule has 2 N–H and O–H groups in total. The van der Waals surface area contributed by atoms with Gasteiger partial charge in [0, 0.05) is 17.1 Å². The molecule has 2 aromatic carbocycles. The van der Waals surface area contributed by atoms with E-state index in [1.807, 2.05) is 12.1 Å². The van der Waals surface area contributed by atoms with Crippen molar-refractivity contribution in [3.63, 3.8) is 0 Å². The first-order valence-electron chi connectivity index (χ1n) is 9.56. The van der Waals surface area contributed by atoms with Crippen LogP contribution in [-0.4, -0.2) is 39.3 Å². The van der Waals surface area contributed by atoms with Gasteiger partial charge in [-0.2, -0.15) is 0 Å². The summed E-state index contributed by atoms with van der Waals surface area (Å²) in [7, 11) is 0. The highest BCUT2D eigenvalue weighted by Gasteiger charge is 2.46. The lowest BCUT2D eigenvalue weighted by atomic mass is 9.93. The van der Waals surface area contributed by atoms with Crippen LogP contribution in [0.4, 0.5) is 0 Å². The second kappa shape index (κ2) is 8.71. The van der Waals surface area contributed by atoms with E-state index >= 15 is 0 Å². The molecule has 7 heteroatoms. The lowest BCUT2D eigenvalue weighted by Gasteiger charge is -2.25. The first-order chi connectivity index (χ1) is 14.2. The number of amides is 1. The SMILES string of the molecule is CC(C)c1ccc(C2C(=C(O)c3ccc(Cl)cc3)C(=O)C(=O)N2CCC(=O)O)cc1. The van der Waals surface area contributed by atoms with Crippen molar-refractivity contribution in [3.05, 3.63) is 75.8 Å². The van der Waals surface area contributed by atoms with Gasteiger partial charge >= 0.3 is 5.97 Å². The van der Waals surface area contributed by atoms with Crippen LogP contribution < -0.4 is 0 Å². The molecule has 30 heavy (non-hydrogen) atoms. The smallest absolute Gasteiger partial charge is 0.305 e. The largest absolute Gasteiger partial charge is 0.507 e. The number of hydrogen-bond donors (Lipinski definition) is 2. The van der Waals surface area contributed by atoms with Crippen molar-refractivity contribution >= 4 is 35.0 Å². The number of carbonyl (C=O) groups is 3. The van der Waals surface area contributed by atoms with Gasteiger partial charge in [0.05, 0.1) is 18.0 Å². The van der Waals surface area contributed by atoms with Crippen LogP contribution >= 0.6 is 11.6 Å². The number of carbonyl (C=O) groups excluding carboxylic acids is 2. The highest BCUT2D eigenvalue weighted by Crippen LogP contribution is 2.39. The Morgan fingerprint density at radius 2 is 1.63 bits per heavy atom. The fraction of sp³-hybridized carbons (Fsp3) is 0.261. The maximum absolute atomic E-state index is 12.8. The lowest BCUT2D eigenvalue weighted by molar-refractivity contribution is -0.142. The van der Waals surface area contributed by atoms with E-state index in [0.717, 1.165) is 5.56 Å². The van der Waals surface area contributed by atoms with Crippen LogP contribution in [-0.2, 0) is 14.4 Å². The van der Waals surface area contributed by atoms with E-state index in [1.165, 1.54) is 4.90 Å². The summed E-state index contributed by atoms with van der Waals surface area (Å²) < 4.78 is 0. The molecule has 6 nitrogen and oxygen atoms in total. The number of carboxylic acid groups (broad SMARTS) is 1. The summed E-state index contributed by atoms with van der Waals surface area (Å²) in [5.41, 5.74) is 1.99. The third-order valence-electron chi connectivity index (χ3n) is 5.14. The predicted octanol–water partition coefficient (Wildman–Crippen LogP) is 4.36. The number of aliphatic carboxylic acids is 1. The van der Waals surface area contributed by atoms with Crippen LogP contribution in [0.15, 0.2) is 54.1 Å². The minimum absolute atomic E-state index is 0.0648. The number of carboxylic acids is 1. The molecule has 1 aliphatic rings. The average Bonchev–Trinajstić information content (AvgIpc) is 2.97. The minimum atomic E-state index is -1.08. The van der Waals surface area contributed by atoms with Crippen LogP contribution in [0.5, 0.6) is 0 Å². The second-order valence-corrected chi connectivity index (χ2v) is 7.90. The van der Waals surface area contributed by atoms with Gasteiger partial charge in [-0.15, -0.1) is 0 Å². The average molecular weight is 428 g/mol. The fourth-order valence-corrected chi connectivity index (χ4v) is 3.63. The molecule has 1 fully saturated rings. The molecule has 1 aliphatic heterocycles. The number of aliphatic hydroxyl groups excluding tert-OH is 1. The Hall–Kier alpha value is -3.12. The van der Waals surface area contributed by atoms with Gasteiger partial charge in [0.15, 0.2) is 0 Å². The van der Waals surface area contributed by atoms with Crippen molar-refractivity contribution in [2.45, 2.75) is 32.2 Å². The molecule has 0 aromatic heterocycles. The highest BCUT2D eigenvalue weighted by atomic mass is 35.5. The maximum atomic E-state index is 12.8. The number of Topliss-reactive ketones (excluding diaryl/α,β-unsaturated/α-hetero) is 1. The number of likely N-dealkylation sites (tertiary alicyclic amines) is 1. The van der Waals surface area contributed by atoms with Gasteiger partial charge in [0.2, 0.25) is 0 Å². The monoisotopic (exact) mass is 427 g/mol. The van der Waals surface area contributed by atoms with E-state index in [0.29, 0.717) is 22.1 Å². The van der Waals surface area contributed by atoms with Crippen LogP contribution in [0.3, 0.4) is 0 Å². The zero-order chi connectivity index (χ0) is 22.0. The van der Waals surface area contributed by atoms with E-state index in [-0.39, 0.29) is 24.3 Å². The van der Waals surface area contributed by atoms with E-state index in [1.54, 1.807) is 36.4 Å². The maximum Gasteiger partial charge on any atom is 0.305 e. The molecule has 0 aliphatic carbocycles. The van der Waals surface area contributed by atoms with E-state index in [2.05, 4.69) is 13.8 Å². The molecule has 0 saturated carbocycles. The quantitative estimate of drug-likeness (QED) is 0.405. The van der Waals surface area contributed by atoms with Crippen LogP contribution in [0.2, 0.25) is 5.02 Å². The zero-order valence-corrected chi connectivity index (χ0v) is 17.4. The van der Waals surface area contributed by atoms with Crippen molar-refractivity contribution in [3.8, 4) is 0 Å². The summed E-state index contributed by atoms with van der Waals surface area (Å²) >= 11 is 5.90. The van der Waals surface area contributed by atoms with Gasteiger partial charge in [0.1, 0.15) is 5.76 Å². The number of aliphatic hydroxyl groups is 1. The van der Waals surface area contributed by atoms with E-state index in [9.17, 15) is 19.5 Å². The first kappa shape index (κ1) is 21.6. The third-order valence-corrected chi connectivity index (χ3v) is 5.40. The van der Waals surface area contributed by atoms with Crippen LogP contribution in [0.1, 0.15) is 48.9 Å².